The van der Waals surface area contributed by atoms with E-state index in [1.54, 1.807) is 24.4 Å². The number of fused-ring (bicyclic) bond motifs is 1. The molecule has 2 saturated heterocycles. The highest BCUT2D eigenvalue weighted by Gasteiger charge is 2.69. The van der Waals surface area contributed by atoms with Crippen molar-refractivity contribution in [1.29, 1.82) is 5.26 Å². The van der Waals surface area contributed by atoms with E-state index < -0.39 is 23.4 Å². The second kappa shape index (κ2) is 8.24. The number of hydrogen-bond acceptors (Lipinski definition) is 7. The first-order valence-electron chi connectivity index (χ1n) is 10.7. The molecule has 3 heterocycles. The summed E-state index contributed by atoms with van der Waals surface area (Å²) < 4.78 is 25.2. The SMILES string of the molecule is COC(=S)NC[C@H]1CN(c2ccc(-c3ccc(C4(C#N)[C@@H]5CNC[C@@H]54)nc3)c(F)c2)C(=O)O1. The van der Waals surface area contributed by atoms with Crippen LogP contribution in [0.25, 0.3) is 11.1 Å². The van der Waals surface area contributed by atoms with Gasteiger partial charge in [-0.15, -0.1) is 0 Å². The smallest absolute Gasteiger partial charge is 0.414 e. The van der Waals surface area contributed by atoms with Crippen molar-refractivity contribution in [2.75, 3.05) is 38.2 Å². The summed E-state index contributed by atoms with van der Waals surface area (Å²) in [5.41, 5.74) is 1.61. The molecule has 1 saturated carbocycles. The Labute approximate surface area is 195 Å². The zero-order chi connectivity index (χ0) is 23.2. The van der Waals surface area contributed by atoms with Gasteiger partial charge in [-0.1, -0.05) is 6.07 Å². The van der Waals surface area contributed by atoms with Gasteiger partial charge in [0, 0.05) is 42.2 Å². The number of carbonyl (C=O) groups excluding carboxylic acids is 1. The van der Waals surface area contributed by atoms with Crippen LogP contribution in [-0.4, -0.2) is 55.6 Å². The molecule has 33 heavy (non-hydrogen) atoms. The number of nitriles is 1. The molecule has 8 nitrogen and oxygen atoms in total. The van der Waals surface area contributed by atoms with E-state index in [0.29, 0.717) is 35.2 Å². The van der Waals surface area contributed by atoms with Gasteiger partial charge in [-0.25, -0.2) is 9.18 Å². The van der Waals surface area contributed by atoms with Crippen molar-refractivity contribution in [1.82, 2.24) is 15.6 Å². The van der Waals surface area contributed by atoms with Gasteiger partial charge >= 0.3 is 6.09 Å². The van der Waals surface area contributed by atoms with Gasteiger partial charge in [-0.05, 0) is 36.5 Å². The van der Waals surface area contributed by atoms with Crippen molar-refractivity contribution in [3.05, 3.63) is 48.0 Å². The summed E-state index contributed by atoms with van der Waals surface area (Å²) in [5, 5.41) is 16.1. The number of carbonyl (C=O) groups is 1. The highest BCUT2D eigenvalue weighted by Crippen LogP contribution is 2.60. The van der Waals surface area contributed by atoms with Gasteiger partial charge < -0.3 is 20.1 Å². The predicted molar refractivity (Wildman–Crippen MR) is 122 cm³/mol. The summed E-state index contributed by atoms with van der Waals surface area (Å²) in [6, 6.07) is 10.7. The standard InChI is InChI=1S/C23H22FN5O3S/c1-31-21(33)28-8-15-11-29(22(30)32-15)14-3-4-16(19(24)6-14)13-2-5-20(27-7-13)23(12-25)17-9-26-10-18(17)23/h2-7,15,17-18,26H,8-11H2,1H3,(H,28,33)/t15-,17-,18+,23?/m0/s1. The third-order valence-electron chi connectivity index (χ3n) is 6.76. The maximum Gasteiger partial charge on any atom is 0.414 e. The molecule has 4 atom stereocenters. The molecular weight excluding hydrogens is 445 g/mol. The zero-order valence-corrected chi connectivity index (χ0v) is 18.7. The summed E-state index contributed by atoms with van der Waals surface area (Å²) in [6.45, 7) is 2.22. The molecule has 1 unspecified atom stereocenters. The molecule has 2 aromatic rings. The Bertz CT molecular complexity index is 1140. The van der Waals surface area contributed by atoms with Gasteiger partial charge in [0.15, 0.2) is 0 Å². The normalized spacial score (nSPS) is 27.5. The Morgan fingerprint density at radius 3 is 2.85 bits per heavy atom. The molecule has 5 rings (SSSR count). The topological polar surface area (TPSA) is 99.5 Å². The number of hydrogen-bond donors (Lipinski definition) is 2. The number of methoxy groups -OCH3 is 1. The van der Waals surface area contributed by atoms with Crippen molar-refractivity contribution in [3.8, 4) is 17.2 Å². The Balaban J connectivity index is 1.30. The molecule has 10 heteroatoms. The molecule has 1 aliphatic carbocycles. The van der Waals surface area contributed by atoms with Crippen LogP contribution in [0.1, 0.15) is 5.69 Å². The lowest BCUT2D eigenvalue weighted by atomic mass is 9.96. The third-order valence-corrected chi connectivity index (χ3v) is 7.07. The fourth-order valence-corrected chi connectivity index (χ4v) is 5.04. The number of nitrogens with one attached hydrogen (secondary N) is 2. The van der Waals surface area contributed by atoms with E-state index in [1.165, 1.54) is 18.1 Å². The van der Waals surface area contributed by atoms with Crippen LogP contribution in [0.2, 0.25) is 0 Å². The van der Waals surface area contributed by atoms with Crippen molar-refractivity contribution in [2.45, 2.75) is 11.5 Å². The van der Waals surface area contributed by atoms with Crippen LogP contribution in [0.3, 0.4) is 0 Å². The van der Waals surface area contributed by atoms with Crippen LogP contribution in [0.4, 0.5) is 14.9 Å². The average Bonchev–Trinajstić information content (AvgIpc) is 3.13. The molecule has 1 aromatic heterocycles. The Hall–Kier alpha value is -3.29. The fraction of sp³-hybridized carbons (Fsp3) is 0.391. The summed E-state index contributed by atoms with van der Waals surface area (Å²) in [7, 11) is 1.45. The van der Waals surface area contributed by atoms with Crippen LogP contribution in [0, 0.1) is 29.0 Å². The predicted octanol–water partition coefficient (Wildman–Crippen LogP) is 2.34. The number of thiocarbonyl (C=S) groups is 1. The van der Waals surface area contributed by atoms with Crippen molar-refractivity contribution in [2.24, 2.45) is 11.8 Å². The molecule has 3 aliphatic rings. The average molecular weight is 468 g/mol. The second-order valence-corrected chi connectivity index (χ2v) is 8.81. The quantitative estimate of drug-likeness (QED) is 0.647. The first kappa shape index (κ1) is 21.6. The summed E-state index contributed by atoms with van der Waals surface area (Å²) >= 11 is 4.92. The number of aromatic nitrogens is 1. The van der Waals surface area contributed by atoms with E-state index in [4.69, 9.17) is 21.7 Å². The molecule has 170 valence electrons. The number of pyridine rings is 1. The molecule has 1 aromatic carbocycles. The molecule has 2 aliphatic heterocycles. The van der Waals surface area contributed by atoms with Gasteiger partial charge in [0.05, 0.1) is 37.6 Å². The number of rotatable bonds is 5. The summed E-state index contributed by atoms with van der Waals surface area (Å²) in [5.74, 6) is 0.113. The Kier molecular flexibility index (Phi) is 5.38. The second-order valence-electron chi connectivity index (χ2n) is 8.44. The molecule has 0 radical (unpaired) electrons. The molecule has 2 N–H and O–H groups in total. The fourth-order valence-electron chi connectivity index (χ4n) is 4.95. The molecule has 0 spiro atoms. The number of anilines is 1. The van der Waals surface area contributed by atoms with Crippen LogP contribution in [0.15, 0.2) is 36.5 Å². The minimum Gasteiger partial charge on any atom is -0.474 e. The number of nitrogens with zero attached hydrogens (tertiary/aromatic N) is 3. The van der Waals surface area contributed by atoms with Crippen molar-refractivity contribution >= 4 is 29.2 Å². The highest BCUT2D eigenvalue weighted by atomic mass is 32.1. The molecule has 0 bridgehead atoms. The lowest BCUT2D eigenvalue weighted by Gasteiger charge is -2.15. The van der Waals surface area contributed by atoms with Gasteiger partial charge in [0.1, 0.15) is 17.3 Å². The summed E-state index contributed by atoms with van der Waals surface area (Å²) in [6.07, 6.45) is 0.627. The Morgan fingerprint density at radius 2 is 2.21 bits per heavy atom. The molecule has 3 fully saturated rings. The molecular formula is C23H22FN5O3S. The number of ether oxygens (including phenoxy) is 2. The minimum atomic E-state index is -0.547. The van der Waals surface area contributed by atoms with Gasteiger partial charge in [-0.3, -0.25) is 9.88 Å². The van der Waals surface area contributed by atoms with E-state index in [1.807, 2.05) is 6.07 Å². The lowest BCUT2D eigenvalue weighted by Crippen LogP contribution is -2.34. The van der Waals surface area contributed by atoms with E-state index in [2.05, 4.69) is 21.7 Å². The van der Waals surface area contributed by atoms with Gasteiger partial charge in [0.25, 0.3) is 5.17 Å². The number of halogens is 1. The monoisotopic (exact) mass is 467 g/mol. The van der Waals surface area contributed by atoms with Crippen LogP contribution < -0.4 is 15.5 Å². The number of piperidine rings is 1. The van der Waals surface area contributed by atoms with Crippen molar-refractivity contribution in [3.63, 3.8) is 0 Å². The Morgan fingerprint density at radius 1 is 1.42 bits per heavy atom. The first-order valence-corrected chi connectivity index (χ1v) is 11.1. The lowest BCUT2D eigenvalue weighted by molar-refractivity contribution is 0.142. The van der Waals surface area contributed by atoms with Crippen LogP contribution in [-0.2, 0) is 14.9 Å². The maximum atomic E-state index is 15.0. The number of amides is 1. The third kappa shape index (κ3) is 3.57. The van der Waals surface area contributed by atoms with E-state index in [-0.39, 0.29) is 11.7 Å². The van der Waals surface area contributed by atoms with E-state index in [0.717, 1.165) is 18.8 Å². The molecule has 1 amide bonds. The van der Waals surface area contributed by atoms with E-state index >= 15 is 4.39 Å². The van der Waals surface area contributed by atoms with Crippen LogP contribution in [0.5, 0.6) is 0 Å². The summed E-state index contributed by atoms with van der Waals surface area (Å²) in [4.78, 5) is 18.2. The van der Waals surface area contributed by atoms with Crippen molar-refractivity contribution < 1.29 is 18.7 Å². The maximum absolute atomic E-state index is 15.0. The number of cyclic esters (lactones) is 1. The van der Waals surface area contributed by atoms with E-state index in [9.17, 15) is 10.1 Å². The minimum absolute atomic E-state index is 0.210. The largest absolute Gasteiger partial charge is 0.474 e. The first-order chi connectivity index (χ1) is 16.0. The highest BCUT2D eigenvalue weighted by molar-refractivity contribution is 7.80. The zero-order valence-electron chi connectivity index (χ0n) is 17.9. The number of benzene rings is 1. The van der Waals surface area contributed by atoms with Gasteiger partial charge in [0.2, 0.25) is 0 Å². The van der Waals surface area contributed by atoms with Crippen LogP contribution >= 0.6 is 12.2 Å². The van der Waals surface area contributed by atoms with Gasteiger partial charge in [-0.2, -0.15) is 5.26 Å².